The lowest BCUT2D eigenvalue weighted by Crippen LogP contribution is -2.52. The van der Waals surface area contributed by atoms with E-state index in [1.807, 2.05) is 13.8 Å². The molecule has 7 nitrogen and oxygen atoms in total. The minimum Gasteiger partial charge on any atom is -0.352 e. The molecule has 0 saturated carbocycles. The van der Waals surface area contributed by atoms with Crippen molar-refractivity contribution in [3.05, 3.63) is 94.2 Å². The number of sulfonamides is 1. The average molecular weight is 595 g/mol. The largest absolute Gasteiger partial charge is 0.352 e. The van der Waals surface area contributed by atoms with Crippen LogP contribution in [0.3, 0.4) is 0 Å². The van der Waals surface area contributed by atoms with Crippen LogP contribution >= 0.6 is 23.2 Å². The molecule has 1 N–H and O–H groups in total. The van der Waals surface area contributed by atoms with E-state index in [1.165, 1.54) is 54.3 Å². The first kappa shape index (κ1) is 30.4. The van der Waals surface area contributed by atoms with Crippen molar-refractivity contribution in [2.24, 2.45) is 0 Å². The molecule has 11 heteroatoms. The van der Waals surface area contributed by atoms with Gasteiger partial charge in [-0.15, -0.1) is 0 Å². The Morgan fingerprint density at radius 2 is 1.51 bits per heavy atom. The van der Waals surface area contributed by atoms with Gasteiger partial charge in [-0.05, 0) is 56.7 Å². The van der Waals surface area contributed by atoms with Crippen LogP contribution in [0.25, 0.3) is 0 Å². The number of rotatable bonds is 11. The second kappa shape index (κ2) is 13.3. The molecule has 0 saturated heterocycles. The standard InChI is InChI=1S/C28H30Cl2FN3O4S/c1-4-19(2)32-28(36)20(3)33(17-22-23(29)13-10-14-24(22)30)27(35)18-34(26-16-9-8-15-25(26)31)39(37,38)21-11-6-5-7-12-21/h5-16,19-20H,4,17-18H2,1-3H3,(H,32,36)/t19-,20+/m1/s1. The monoisotopic (exact) mass is 593 g/mol. The Hall–Kier alpha value is -3.14. The molecule has 3 aromatic carbocycles. The van der Waals surface area contributed by atoms with Gasteiger partial charge in [0.05, 0.1) is 10.6 Å². The summed E-state index contributed by atoms with van der Waals surface area (Å²) in [6.45, 7) is 4.31. The highest BCUT2D eigenvalue weighted by molar-refractivity contribution is 7.92. The Balaban J connectivity index is 2.07. The molecule has 0 aliphatic rings. The first-order valence-electron chi connectivity index (χ1n) is 12.3. The molecular formula is C28H30Cl2FN3O4S. The first-order chi connectivity index (χ1) is 18.5. The third-order valence-electron chi connectivity index (χ3n) is 6.29. The Morgan fingerprint density at radius 3 is 2.10 bits per heavy atom. The molecule has 0 heterocycles. The second-order valence-corrected chi connectivity index (χ2v) is 11.7. The molecule has 2 atom stereocenters. The van der Waals surface area contributed by atoms with Gasteiger partial charge in [-0.2, -0.15) is 0 Å². The van der Waals surface area contributed by atoms with Crippen molar-refractivity contribution in [2.75, 3.05) is 10.8 Å². The summed E-state index contributed by atoms with van der Waals surface area (Å²) in [7, 11) is -4.37. The van der Waals surface area contributed by atoms with E-state index in [1.54, 1.807) is 24.3 Å². The molecule has 208 valence electrons. The molecular weight excluding hydrogens is 564 g/mol. The van der Waals surface area contributed by atoms with Gasteiger partial charge in [0.2, 0.25) is 11.8 Å². The van der Waals surface area contributed by atoms with Crippen LogP contribution in [0.15, 0.2) is 77.7 Å². The third kappa shape index (κ3) is 7.29. The Labute approximate surface area is 238 Å². The van der Waals surface area contributed by atoms with Gasteiger partial charge < -0.3 is 10.2 Å². The molecule has 39 heavy (non-hydrogen) atoms. The lowest BCUT2D eigenvalue weighted by atomic mass is 10.1. The molecule has 2 amide bonds. The van der Waals surface area contributed by atoms with Crippen LogP contribution in [0, 0.1) is 5.82 Å². The van der Waals surface area contributed by atoms with Gasteiger partial charge in [-0.25, -0.2) is 12.8 Å². The van der Waals surface area contributed by atoms with Crippen molar-refractivity contribution >= 4 is 50.7 Å². The van der Waals surface area contributed by atoms with Gasteiger partial charge in [0.1, 0.15) is 18.4 Å². The summed E-state index contributed by atoms with van der Waals surface area (Å²) in [5.74, 6) is -2.02. The minimum atomic E-state index is -4.37. The smallest absolute Gasteiger partial charge is 0.264 e. The van der Waals surface area contributed by atoms with Gasteiger partial charge in [-0.1, -0.05) is 66.5 Å². The molecule has 0 bridgehead atoms. The number of benzene rings is 3. The van der Waals surface area contributed by atoms with E-state index in [9.17, 15) is 22.4 Å². The van der Waals surface area contributed by atoms with Crippen LogP contribution < -0.4 is 9.62 Å². The number of hydrogen-bond acceptors (Lipinski definition) is 4. The van der Waals surface area contributed by atoms with Crippen molar-refractivity contribution < 1.29 is 22.4 Å². The van der Waals surface area contributed by atoms with Gasteiger partial charge >= 0.3 is 0 Å². The van der Waals surface area contributed by atoms with Crippen LogP contribution in [-0.2, 0) is 26.2 Å². The van der Waals surface area contributed by atoms with Crippen LogP contribution in [0.2, 0.25) is 10.0 Å². The minimum absolute atomic E-state index is 0.121. The Kier molecular flexibility index (Phi) is 10.4. The number of amides is 2. The molecule has 0 aliphatic heterocycles. The van der Waals surface area contributed by atoms with E-state index in [0.29, 0.717) is 16.3 Å². The molecule has 0 aromatic heterocycles. The Bertz CT molecular complexity index is 1400. The second-order valence-electron chi connectivity index (χ2n) is 8.99. The number of nitrogens with one attached hydrogen (secondary N) is 1. The maximum absolute atomic E-state index is 14.9. The van der Waals surface area contributed by atoms with Gasteiger partial charge in [0, 0.05) is 28.2 Å². The molecule has 0 fully saturated rings. The van der Waals surface area contributed by atoms with Crippen molar-refractivity contribution in [3.8, 4) is 0 Å². The maximum atomic E-state index is 14.9. The van der Waals surface area contributed by atoms with Crippen molar-refractivity contribution in [3.63, 3.8) is 0 Å². The zero-order valence-electron chi connectivity index (χ0n) is 21.8. The summed E-state index contributed by atoms with van der Waals surface area (Å²) in [5.41, 5.74) is 0.0860. The molecule has 0 unspecified atom stereocenters. The summed E-state index contributed by atoms with van der Waals surface area (Å²) in [5, 5.41) is 3.39. The normalized spacial score (nSPS) is 12.9. The highest BCUT2D eigenvalue weighted by Crippen LogP contribution is 2.29. The maximum Gasteiger partial charge on any atom is 0.264 e. The van der Waals surface area contributed by atoms with E-state index < -0.39 is 40.2 Å². The van der Waals surface area contributed by atoms with Crippen LogP contribution in [-0.4, -0.2) is 43.8 Å². The fourth-order valence-electron chi connectivity index (χ4n) is 3.79. The number of carbonyl (C=O) groups is 2. The summed E-state index contributed by atoms with van der Waals surface area (Å²) in [4.78, 5) is 28.0. The fraction of sp³-hybridized carbons (Fsp3) is 0.286. The topological polar surface area (TPSA) is 86.8 Å². The predicted molar refractivity (Wildman–Crippen MR) is 152 cm³/mol. The Morgan fingerprint density at radius 1 is 0.923 bits per heavy atom. The number of hydrogen-bond donors (Lipinski definition) is 1. The average Bonchev–Trinajstić information content (AvgIpc) is 2.92. The van der Waals surface area contributed by atoms with Crippen LogP contribution in [0.4, 0.5) is 10.1 Å². The quantitative estimate of drug-likeness (QED) is 0.311. The summed E-state index contributed by atoms with van der Waals surface area (Å²) < 4.78 is 43.0. The number of anilines is 1. The molecule has 0 radical (unpaired) electrons. The molecule has 0 aliphatic carbocycles. The molecule has 0 spiro atoms. The van der Waals surface area contributed by atoms with E-state index in [2.05, 4.69) is 5.32 Å². The van der Waals surface area contributed by atoms with Crippen LogP contribution in [0.1, 0.15) is 32.8 Å². The number of carbonyl (C=O) groups excluding carboxylic acids is 2. The summed E-state index contributed by atoms with van der Waals surface area (Å²) in [6.07, 6.45) is 0.666. The zero-order chi connectivity index (χ0) is 28.7. The fourth-order valence-corrected chi connectivity index (χ4v) is 5.75. The van der Waals surface area contributed by atoms with Crippen LogP contribution in [0.5, 0.6) is 0 Å². The van der Waals surface area contributed by atoms with E-state index >= 15 is 0 Å². The third-order valence-corrected chi connectivity index (χ3v) is 8.77. The predicted octanol–water partition coefficient (Wildman–Crippen LogP) is 5.66. The number of halogens is 3. The highest BCUT2D eigenvalue weighted by Gasteiger charge is 2.34. The lowest BCUT2D eigenvalue weighted by Gasteiger charge is -2.33. The number of para-hydroxylation sites is 1. The lowest BCUT2D eigenvalue weighted by molar-refractivity contribution is -0.139. The van der Waals surface area contributed by atoms with Gasteiger partial charge in [0.15, 0.2) is 0 Å². The van der Waals surface area contributed by atoms with E-state index in [0.717, 1.165) is 6.07 Å². The van der Waals surface area contributed by atoms with Gasteiger partial charge in [0.25, 0.3) is 10.0 Å². The first-order valence-corrected chi connectivity index (χ1v) is 14.5. The molecule has 3 rings (SSSR count). The van der Waals surface area contributed by atoms with Crippen molar-refractivity contribution in [1.29, 1.82) is 0 Å². The van der Waals surface area contributed by atoms with Gasteiger partial charge in [-0.3, -0.25) is 13.9 Å². The zero-order valence-corrected chi connectivity index (χ0v) is 24.1. The van der Waals surface area contributed by atoms with Crippen molar-refractivity contribution in [2.45, 2.75) is 50.7 Å². The SMILES string of the molecule is CC[C@@H](C)NC(=O)[C@H](C)N(Cc1c(Cl)cccc1Cl)C(=O)CN(c1ccccc1F)S(=O)(=O)c1ccccc1. The summed E-state index contributed by atoms with van der Waals surface area (Å²) >= 11 is 12.7. The molecule has 3 aromatic rings. The number of nitrogens with zero attached hydrogens (tertiary/aromatic N) is 2. The van der Waals surface area contributed by atoms with E-state index in [4.69, 9.17) is 23.2 Å². The summed E-state index contributed by atoms with van der Waals surface area (Å²) in [6, 6.07) is 16.3. The van der Waals surface area contributed by atoms with Crippen molar-refractivity contribution in [1.82, 2.24) is 10.2 Å². The van der Waals surface area contributed by atoms with E-state index in [-0.39, 0.29) is 33.2 Å². The highest BCUT2D eigenvalue weighted by atomic mass is 35.5.